The van der Waals surface area contributed by atoms with Gasteiger partial charge in [-0.2, -0.15) is 4.98 Å². The van der Waals surface area contributed by atoms with Gasteiger partial charge in [0.1, 0.15) is 12.4 Å². The molecule has 2 aromatic heterocycles. The number of amides is 1. The van der Waals surface area contributed by atoms with Gasteiger partial charge in [-0.1, -0.05) is 5.16 Å². The third-order valence-corrected chi connectivity index (χ3v) is 5.89. The third kappa shape index (κ3) is 4.05. The lowest BCUT2D eigenvalue weighted by Gasteiger charge is -2.46. The number of piperidine rings is 1. The normalized spacial score (nSPS) is 22.3. The summed E-state index contributed by atoms with van der Waals surface area (Å²) in [5.41, 5.74) is -0.108. The summed E-state index contributed by atoms with van der Waals surface area (Å²) in [6, 6.07) is 0. The van der Waals surface area contributed by atoms with E-state index >= 15 is 0 Å². The summed E-state index contributed by atoms with van der Waals surface area (Å²) in [5, 5.41) is 4.03. The van der Waals surface area contributed by atoms with Gasteiger partial charge in [-0.05, 0) is 38.5 Å². The molecule has 1 atom stereocenters. The van der Waals surface area contributed by atoms with Gasteiger partial charge in [-0.3, -0.25) is 4.79 Å². The Bertz CT molecular complexity index is 791. The van der Waals surface area contributed by atoms with E-state index in [2.05, 4.69) is 15.1 Å². The maximum Gasteiger partial charge on any atom is 0.242 e. The van der Waals surface area contributed by atoms with Crippen molar-refractivity contribution in [1.29, 1.82) is 0 Å². The second-order valence-corrected chi connectivity index (χ2v) is 7.81. The zero-order valence-electron chi connectivity index (χ0n) is 16.1. The SMILES string of the molecule is Cc1nc(CC2CCOC3(CCN(C(=O)Cn4ccnc4C)CC3)C2)no1. The molecule has 0 bridgehead atoms. The van der Waals surface area contributed by atoms with Crippen LogP contribution in [0.1, 0.15) is 43.2 Å². The minimum atomic E-state index is -0.108. The zero-order chi connectivity index (χ0) is 18.9. The summed E-state index contributed by atoms with van der Waals surface area (Å²) >= 11 is 0. The van der Waals surface area contributed by atoms with Crippen LogP contribution in [0, 0.1) is 19.8 Å². The first-order valence-corrected chi connectivity index (χ1v) is 9.72. The molecule has 2 aromatic rings. The highest BCUT2D eigenvalue weighted by Crippen LogP contribution is 2.38. The van der Waals surface area contributed by atoms with Crippen molar-refractivity contribution in [3.8, 4) is 0 Å². The molecule has 0 aromatic carbocycles. The number of imidazole rings is 1. The first-order valence-electron chi connectivity index (χ1n) is 9.72. The lowest BCUT2D eigenvalue weighted by atomic mass is 9.78. The van der Waals surface area contributed by atoms with Crippen molar-refractivity contribution in [3.63, 3.8) is 0 Å². The number of nitrogens with zero attached hydrogens (tertiary/aromatic N) is 5. The van der Waals surface area contributed by atoms with E-state index in [4.69, 9.17) is 9.26 Å². The highest BCUT2D eigenvalue weighted by Gasteiger charge is 2.41. The summed E-state index contributed by atoms with van der Waals surface area (Å²) in [5.74, 6) is 2.93. The summed E-state index contributed by atoms with van der Waals surface area (Å²) in [7, 11) is 0. The molecule has 2 fully saturated rings. The third-order valence-electron chi connectivity index (χ3n) is 5.89. The first-order chi connectivity index (χ1) is 13.0. The highest BCUT2D eigenvalue weighted by molar-refractivity contribution is 5.76. The van der Waals surface area contributed by atoms with Crippen molar-refractivity contribution in [2.45, 2.75) is 58.1 Å². The Labute approximate surface area is 158 Å². The first kappa shape index (κ1) is 18.2. The summed E-state index contributed by atoms with van der Waals surface area (Å²) in [6.07, 6.45) is 8.24. The maximum absolute atomic E-state index is 12.6. The van der Waals surface area contributed by atoms with Crippen LogP contribution < -0.4 is 0 Å². The number of rotatable bonds is 4. The average molecular weight is 373 g/mol. The summed E-state index contributed by atoms with van der Waals surface area (Å²) < 4.78 is 13.2. The van der Waals surface area contributed by atoms with Gasteiger partial charge in [-0.25, -0.2) is 4.98 Å². The molecule has 0 radical (unpaired) electrons. The van der Waals surface area contributed by atoms with E-state index in [0.717, 1.165) is 63.4 Å². The van der Waals surface area contributed by atoms with E-state index in [9.17, 15) is 4.79 Å². The molecule has 4 heterocycles. The van der Waals surface area contributed by atoms with E-state index in [1.807, 2.05) is 29.5 Å². The molecule has 27 heavy (non-hydrogen) atoms. The van der Waals surface area contributed by atoms with Gasteiger partial charge in [0, 0.05) is 45.4 Å². The van der Waals surface area contributed by atoms with Crippen LogP contribution in [0.2, 0.25) is 0 Å². The second kappa shape index (κ2) is 7.42. The van der Waals surface area contributed by atoms with Gasteiger partial charge in [0.15, 0.2) is 5.82 Å². The lowest BCUT2D eigenvalue weighted by Crippen LogP contribution is -2.51. The smallest absolute Gasteiger partial charge is 0.242 e. The Balaban J connectivity index is 1.32. The van der Waals surface area contributed by atoms with Crippen LogP contribution in [0.3, 0.4) is 0 Å². The number of hydrogen-bond acceptors (Lipinski definition) is 6. The second-order valence-electron chi connectivity index (χ2n) is 7.81. The van der Waals surface area contributed by atoms with Gasteiger partial charge in [-0.15, -0.1) is 0 Å². The molecule has 2 aliphatic rings. The summed E-state index contributed by atoms with van der Waals surface area (Å²) in [4.78, 5) is 23.1. The summed E-state index contributed by atoms with van der Waals surface area (Å²) in [6.45, 7) is 6.37. The topological polar surface area (TPSA) is 86.3 Å². The van der Waals surface area contributed by atoms with E-state index < -0.39 is 0 Å². The van der Waals surface area contributed by atoms with Crippen LogP contribution in [0.4, 0.5) is 0 Å². The van der Waals surface area contributed by atoms with Crippen molar-refractivity contribution in [3.05, 3.63) is 29.9 Å². The van der Waals surface area contributed by atoms with E-state index in [1.54, 1.807) is 6.20 Å². The monoisotopic (exact) mass is 373 g/mol. The predicted octanol–water partition coefficient (Wildman–Crippen LogP) is 1.91. The molecule has 2 saturated heterocycles. The average Bonchev–Trinajstić information content (AvgIpc) is 3.24. The number of carbonyl (C=O) groups is 1. The highest BCUT2D eigenvalue weighted by atomic mass is 16.5. The molecular formula is C19H27N5O3. The van der Waals surface area contributed by atoms with E-state index in [-0.39, 0.29) is 11.5 Å². The van der Waals surface area contributed by atoms with Crippen molar-refractivity contribution in [2.75, 3.05) is 19.7 Å². The van der Waals surface area contributed by atoms with Gasteiger partial charge in [0.05, 0.1) is 5.60 Å². The predicted molar refractivity (Wildman–Crippen MR) is 96.9 cm³/mol. The fraction of sp³-hybridized carbons (Fsp3) is 0.684. The molecule has 0 aliphatic carbocycles. The largest absolute Gasteiger partial charge is 0.375 e. The number of carbonyl (C=O) groups excluding carboxylic acids is 1. The quantitative estimate of drug-likeness (QED) is 0.814. The molecule has 1 unspecified atom stereocenters. The number of aryl methyl sites for hydroxylation is 2. The van der Waals surface area contributed by atoms with Crippen LogP contribution in [0.15, 0.2) is 16.9 Å². The van der Waals surface area contributed by atoms with Crippen molar-refractivity contribution < 1.29 is 14.1 Å². The fourth-order valence-electron chi connectivity index (χ4n) is 4.31. The molecular weight excluding hydrogens is 346 g/mol. The van der Waals surface area contributed by atoms with Crippen LogP contribution in [-0.4, -0.2) is 55.8 Å². The molecule has 8 nitrogen and oxygen atoms in total. The number of aromatic nitrogens is 4. The molecule has 1 amide bonds. The van der Waals surface area contributed by atoms with Crippen LogP contribution in [0.25, 0.3) is 0 Å². The number of likely N-dealkylation sites (tertiary alicyclic amines) is 1. The molecule has 146 valence electrons. The Hall–Kier alpha value is -2.22. The van der Waals surface area contributed by atoms with E-state index in [1.165, 1.54) is 0 Å². The molecule has 2 aliphatic heterocycles. The Kier molecular flexibility index (Phi) is 4.99. The fourth-order valence-corrected chi connectivity index (χ4v) is 4.31. The standard InChI is InChI=1S/C19H27N5O3/c1-14-20-6-9-24(14)13-18(25)23-7-4-19(5-8-23)12-16(3-10-26-19)11-17-21-15(2)27-22-17/h6,9,16H,3-5,7-8,10-13H2,1-2H3. The molecule has 1 spiro atoms. The molecule has 8 heteroatoms. The van der Waals surface area contributed by atoms with Gasteiger partial charge >= 0.3 is 0 Å². The minimum Gasteiger partial charge on any atom is -0.375 e. The van der Waals surface area contributed by atoms with E-state index in [0.29, 0.717) is 18.4 Å². The zero-order valence-corrected chi connectivity index (χ0v) is 16.1. The minimum absolute atomic E-state index is 0.108. The Morgan fingerprint density at radius 1 is 1.33 bits per heavy atom. The maximum atomic E-state index is 12.6. The van der Waals surface area contributed by atoms with Gasteiger partial charge < -0.3 is 18.7 Å². The Morgan fingerprint density at radius 3 is 2.81 bits per heavy atom. The molecule has 4 rings (SSSR count). The Morgan fingerprint density at radius 2 is 2.15 bits per heavy atom. The van der Waals surface area contributed by atoms with Crippen molar-refractivity contribution >= 4 is 5.91 Å². The van der Waals surface area contributed by atoms with Gasteiger partial charge in [0.25, 0.3) is 0 Å². The van der Waals surface area contributed by atoms with Gasteiger partial charge in [0.2, 0.25) is 11.8 Å². The van der Waals surface area contributed by atoms with Crippen molar-refractivity contribution in [1.82, 2.24) is 24.6 Å². The number of hydrogen-bond donors (Lipinski definition) is 0. The molecule has 0 saturated carbocycles. The van der Waals surface area contributed by atoms with Crippen LogP contribution in [0.5, 0.6) is 0 Å². The van der Waals surface area contributed by atoms with Crippen molar-refractivity contribution in [2.24, 2.45) is 5.92 Å². The lowest BCUT2D eigenvalue weighted by molar-refractivity contribution is -0.147. The van der Waals surface area contributed by atoms with Crippen LogP contribution >= 0.6 is 0 Å². The van der Waals surface area contributed by atoms with Crippen LogP contribution in [-0.2, 0) is 22.5 Å². The molecule has 0 N–H and O–H groups in total. The number of ether oxygens (including phenoxy) is 1.